The van der Waals surface area contributed by atoms with E-state index in [1.807, 2.05) is 11.3 Å². The van der Waals surface area contributed by atoms with Crippen molar-refractivity contribution in [2.45, 2.75) is 40.7 Å². The van der Waals surface area contributed by atoms with E-state index in [2.05, 4.69) is 57.4 Å². The zero-order chi connectivity index (χ0) is 11.5. The monoisotopic (exact) mass is 225 g/mol. The average Bonchev–Trinajstić information content (AvgIpc) is 2.66. The fourth-order valence-corrected chi connectivity index (χ4v) is 2.02. The Morgan fingerprint density at radius 2 is 2.00 bits per heavy atom. The Morgan fingerprint density at radius 3 is 2.47 bits per heavy atom. The molecule has 0 aliphatic rings. The van der Waals surface area contributed by atoms with Gasteiger partial charge >= 0.3 is 0 Å². The lowest BCUT2D eigenvalue weighted by atomic mass is 9.81. The Balaban J connectivity index is 2.44. The Bertz CT molecular complexity index is 275. The van der Waals surface area contributed by atoms with Crippen LogP contribution in [0.15, 0.2) is 17.5 Å². The van der Waals surface area contributed by atoms with Gasteiger partial charge in [0.05, 0.1) is 0 Å². The molecule has 1 heterocycles. The lowest BCUT2D eigenvalue weighted by molar-refractivity contribution is 0.231. The van der Waals surface area contributed by atoms with Crippen molar-refractivity contribution in [3.63, 3.8) is 0 Å². The number of hydrogen-bond acceptors (Lipinski definition) is 2. The van der Waals surface area contributed by atoms with E-state index < -0.39 is 0 Å². The number of thiophene rings is 1. The molecule has 1 unspecified atom stereocenters. The fraction of sp³-hybridized carbons (Fsp3) is 0.692. The molecule has 1 rings (SSSR count). The van der Waals surface area contributed by atoms with Crippen LogP contribution in [-0.2, 0) is 0 Å². The molecule has 1 nitrogen and oxygen atoms in total. The van der Waals surface area contributed by atoms with E-state index in [4.69, 9.17) is 0 Å². The topological polar surface area (TPSA) is 12.0 Å². The zero-order valence-electron chi connectivity index (χ0n) is 10.5. The Hall–Kier alpha value is -0.340. The first-order valence-electron chi connectivity index (χ1n) is 5.70. The van der Waals surface area contributed by atoms with E-state index in [1.165, 1.54) is 4.88 Å². The first-order valence-corrected chi connectivity index (χ1v) is 6.58. The number of hydrogen-bond donors (Lipinski definition) is 1. The van der Waals surface area contributed by atoms with Crippen molar-refractivity contribution in [1.82, 2.24) is 5.32 Å². The molecule has 0 amide bonds. The van der Waals surface area contributed by atoms with Crippen LogP contribution >= 0.6 is 11.3 Å². The van der Waals surface area contributed by atoms with E-state index in [0.29, 0.717) is 17.4 Å². The molecule has 15 heavy (non-hydrogen) atoms. The summed E-state index contributed by atoms with van der Waals surface area (Å²) in [4.78, 5) is 1.43. The van der Waals surface area contributed by atoms with Crippen LogP contribution in [-0.4, -0.2) is 6.54 Å². The third kappa shape index (κ3) is 3.62. The Labute approximate surface area is 97.9 Å². The number of nitrogens with one attached hydrogen (secondary N) is 1. The minimum atomic E-state index is 0.367. The molecule has 1 atom stereocenters. The van der Waals surface area contributed by atoms with Gasteiger partial charge in [-0.1, -0.05) is 33.8 Å². The third-order valence-corrected chi connectivity index (χ3v) is 4.45. The van der Waals surface area contributed by atoms with E-state index in [1.54, 1.807) is 0 Å². The van der Waals surface area contributed by atoms with Crippen LogP contribution in [0.4, 0.5) is 0 Å². The van der Waals surface area contributed by atoms with Crippen LogP contribution in [0, 0.1) is 11.3 Å². The Kier molecular flexibility index (Phi) is 4.35. The third-order valence-electron chi connectivity index (χ3n) is 3.40. The van der Waals surface area contributed by atoms with Crippen molar-refractivity contribution in [2.75, 3.05) is 6.54 Å². The standard InChI is InChI=1S/C13H23NS/c1-10(2)13(4,5)9-14-11(3)12-7-6-8-15-12/h6-8,10-11,14H,9H2,1-5H3. The molecule has 0 spiro atoms. The van der Waals surface area contributed by atoms with Gasteiger partial charge in [0, 0.05) is 17.5 Å². The molecule has 0 fully saturated rings. The quantitative estimate of drug-likeness (QED) is 0.796. The first kappa shape index (κ1) is 12.7. The smallest absolute Gasteiger partial charge is 0.0386 e. The number of rotatable bonds is 5. The van der Waals surface area contributed by atoms with Gasteiger partial charge in [-0.25, -0.2) is 0 Å². The highest BCUT2D eigenvalue weighted by atomic mass is 32.1. The molecule has 1 aromatic heterocycles. The maximum Gasteiger partial charge on any atom is 0.0386 e. The van der Waals surface area contributed by atoms with Gasteiger partial charge < -0.3 is 5.32 Å². The average molecular weight is 225 g/mol. The molecule has 1 N–H and O–H groups in total. The van der Waals surface area contributed by atoms with Crippen molar-refractivity contribution in [3.05, 3.63) is 22.4 Å². The van der Waals surface area contributed by atoms with E-state index in [-0.39, 0.29) is 0 Å². The van der Waals surface area contributed by atoms with Crippen LogP contribution < -0.4 is 5.32 Å². The van der Waals surface area contributed by atoms with Gasteiger partial charge in [-0.3, -0.25) is 0 Å². The van der Waals surface area contributed by atoms with Crippen molar-refractivity contribution in [1.29, 1.82) is 0 Å². The predicted molar refractivity (Wildman–Crippen MR) is 69.4 cm³/mol. The SMILES string of the molecule is CC(NCC(C)(C)C(C)C)c1cccs1. The molecule has 0 radical (unpaired) electrons. The van der Waals surface area contributed by atoms with Gasteiger partial charge in [0.1, 0.15) is 0 Å². The molecular weight excluding hydrogens is 202 g/mol. The first-order chi connectivity index (χ1) is 6.93. The van der Waals surface area contributed by atoms with Gasteiger partial charge in [-0.05, 0) is 29.7 Å². The molecule has 0 saturated carbocycles. The molecule has 2 heteroatoms. The molecule has 0 aromatic carbocycles. The minimum absolute atomic E-state index is 0.367. The van der Waals surface area contributed by atoms with Gasteiger partial charge in [0.15, 0.2) is 0 Å². The van der Waals surface area contributed by atoms with Gasteiger partial charge in [-0.2, -0.15) is 0 Å². The largest absolute Gasteiger partial charge is 0.309 e. The predicted octanol–water partition coefficient (Wildman–Crippen LogP) is 4.08. The van der Waals surface area contributed by atoms with Crippen molar-refractivity contribution in [3.8, 4) is 0 Å². The molecule has 86 valence electrons. The van der Waals surface area contributed by atoms with Crippen LogP contribution in [0.2, 0.25) is 0 Å². The van der Waals surface area contributed by atoms with E-state index in [0.717, 1.165) is 6.54 Å². The molecule has 1 aromatic rings. The van der Waals surface area contributed by atoms with Crippen LogP contribution in [0.5, 0.6) is 0 Å². The summed E-state index contributed by atoms with van der Waals surface area (Å²) in [5, 5.41) is 5.76. The highest BCUT2D eigenvalue weighted by Gasteiger charge is 2.22. The summed E-state index contributed by atoms with van der Waals surface area (Å²) in [5.41, 5.74) is 0.367. The second kappa shape index (κ2) is 5.13. The van der Waals surface area contributed by atoms with Crippen LogP contribution in [0.3, 0.4) is 0 Å². The molecular formula is C13H23NS. The summed E-state index contributed by atoms with van der Waals surface area (Å²) in [7, 11) is 0. The maximum atomic E-state index is 3.62. The van der Waals surface area contributed by atoms with E-state index >= 15 is 0 Å². The second-order valence-corrected chi connectivity index (χ2v) is 6.24. The van der Waals surface area contributed by atoms with Gasteiger partial charge in [0.2, 0.25) is 0 Å². The van der Waals surface area contributed by atoms with Crippen LogP contribution in [0.25, 0.3) is 0 Å². The minimum Gasteiger partial charge on any atom is -0.309 e. The van der Waals surface area contributed by atoms with E-state index in [9.17, 15) is 0 Å². The second-order valence-electron chi connectivity index (χ2n) is 5.26. The Morgan fingerprint density at radius 1 is 1.33 bits per heavy atom. The summed E-state index contributed by atoms with van der Waals surface area (Å²) in [6.45, 7) is 12.5. The summed E-state index contributed by atoms with van der Waals surface area (Å²) < 4.78 is 0. The highest BCUT2D eigenvalue weighted by Crippen LogP contribution is 2.26. The van der Waals surface area contributed by atoms with Crippen molar-refractivity contribution in [2.24, 2.45) is 11.3 Å². The van der Waals surface area contributed by atoms with Crippen molar-refractivity contribution < 1.29 is 0 Å². The van der Waals surface area contributed by atoms with Gasteiger partial charge in [0.25, 0.3) is 0 Å². The molecule has 0 saturated heterocycles. The lowest BCUT2D eigenvalue weighted by Gasteiger charge is -2.31. The summed E-state index contributed by atoms with van der Waals surface area (Å²) in [6, 6.07) is 4.79. The zero-order valence-corrected chi connectivity index (χ0v) is 11.3. The molecule has 0 bridgehead atoms. The highest BCUT2D eigenvalue weighted by molar-refractivity contribution is 7.10. The normalized spacial score (nSPS) is 14.5. The summed E-state index contributed by atoms with van der Waals surface area (Å²) >= 11 is 1.83. The van der Waals surface area contributed by atoms with Crippen LogP contribution in [0.1, 0.15) is 45.5 Å². The summed E-state index contributed by atoms with van der Waals surface area (Å²) in [6.07, 6.45) is 0. The maximum absolute atomic E-state index is 3.62. The lowest BCUT2D eigenvalue weighted by Crippen LogP contribution is -2.34. The van der Waals surface area contributed by atoms with Crippen molar-refractivity contribution >= 4 is 11.3 Å². The molecule has 0 aliphatic heterocycles. The summed E-state index contributed by atoms with van der Waals surface area (Å²) in [5.74, 6) is 0.709. The fourth-order valence-electron chi connectivity index (χ4n) is 1.26. The molecule has 0 aliphatic carbocycles. The van der Waals surface area contributed by atoms with Gasteiger partial charge in [-0.15, -0.1) is 11.3 Å².